The Balaban J connectivity index is 2.27. The fourth-order valence-corrected chi connectivity index (χ4v) is 4.92. The van der Waals surface area contributed by atoms with Gasteiger partial charge in [0, 0.05) is 26.7 Å². The molecule has 6 nitrogen and oxygen atoms in total. The van der Waals surface area contributed by atoms with Crippen LogP contribution in [0.5, 0.6) is 0 Å². The predicted octanol–water partition coefficient (Wildman–Crippen LogP) is 1.21. The lowest BCUT2D eigenvalue weighted by Gasteiger charge is -2.39. The molecule has 7 heteroatoms. The Hall–Kier alpha value is -0.920. The lowest BCUT2D eigenvalue weighted by molar-refractivity contribution is 0.0647. The maximum absolute atomic E-state index is 12.8. The molecule has 1 fully saturated rings. The molecule has 0 unspecified atom stereocenters. The maximum Gasteiger partial charge on any atom is 0.246 e. The van der Waals surface area contributed by atoms with Crippen LogP contribution in [0.1, 0.15) is 37.6 Å². The Morgan fingerprint density at radius 2 is 1.86 bits per heavy atom. The number of rotatable bonds is 4. The molecule has 0 amide bonds. The summed E-state index contributed by atoms with van der Waals surface area (Å²) in [6, 6.07) is 0. The van der Waals surface area contributed by atoms with E-state index in [1.807, 2.05) is 0 Å². The average Bonchev–Trinajstić information content (AvgIpc) is 2.72. The number of sulfonamides is 1. The normalized spacial score (nSPS) is 19.9. The Morgan fingerprint density at radius 1 is 1.29 bits per heavy atom. The molecule has 1 aliphatic heterocycles. The van der Waals surface area contributed by atoms with E-state index < -0.39 is 10.0 Å². The Kier molecular flexibility index (Phi) is 4.46. The van der Waals surface area contributed by atoms with Crippen molar-refractivity contribution in [3.8, 4) is 0 Å². The van der Waals surface area contributed by atoms with Gasteiger partial charge in [0.05, 0.1) is 11.4 Å². The van der Waals surface area contributed by atoms with Crippen LogP contribution in [0, 0.1) is 19.3 Å². The van der Waals surface area contributed by atoms with E-state index in [0.717, 1.165) is 6.42 Å². The first-order valence-corrected chi connectivity index (χ1v) is 8.82. The molecule has 0 spiro atoms. The molecule has 0 aromatic carbocycles. The van der Waals surface area contributed by atoms with Crippen molar-refractivity contribution >= 4 is 10.0 Å². The van der Waals surface area contributed by atoms with Crippen molar-refractivity contribution in [3.05, 3.63) is 11.4 Å². The molecular formula is C14H25N3O3S. The molecule has 1 aliphatic rings. The fourth-order valence-electron chi connectivity index (χ4n) is 3.08. The van der Waals surface area contributed by atoms with Crippen molar-refractivity contribution in [2.45, 2.75) is 44.9 Å². The van der Waals surface area contributed by atoms with Crippen molar-refractivity contribution in [2.24, 2.45) is 12.5 Å². The third-order valence-electron chi connectivity index (χ3n) is 4.91. The van der Waals surface area contributed by atoms with Crippen LogP contribution in [0.3, 0.4) is 0 Å². The van der Waals surface area contributed by atoms with E-state index >= 15 is 0 Å². The van der Waals surface area contributed by atoms with Gasteiger partial charge in [0.1, 0.15) is 4.90 Å². The first-order valence-electron chi connectivity index (χ1n) is 7.38. The molecule has 0 bridgehead atoms. The summed E-state index contributed by atoms with van der Waals surface area (Å²) in [5, 5.41) is 13.8. The summed E-state index contributed by atoms with van der Waals surface area (Å²) in [6.07, 6.45) is 2.29. The van der Waals surface area contributed by atoms with Gasteiger partial charge in [-0.1, -0.05) is 6.92 Å². The molecule has 0 radical (unpaired) electrons. The first kappa shape index (κ1) is 16.5. The highest BCUT2D eigenvalue weighted by atomic mass is 32.2. The second-order valence-electron chi connectivity index (χ2n) is 6.04. The largest absolute Gasteiger partial charge is 0.396 e. The van der Waals surface area contributed by atoms with Crippen LogP contribution in [0.25, 0.3) is 0 Å². The van der Waals surface area contributed by atoms with Gasteiger partial charge >= 0.3 is 0 Å². The average molecular weight is 315 g/mol. The van der Waals surface area contributed by atoms with Crippen LogP contribution in [-0.4, -0.2) is 47.3 Å². The van der Waals surface area contributed by atoms with Gasteiger partial charge in [0.25, 0.3) is 0 Å². The van der Waals surface area contributed by atoms with Crippen LogP contribution in [0.2, 0.25) is 0 Å². The molecule has 0 aliphatic carbocycles. The van der Waals surface area contributed by atoms with Crippen molar-refractivity contribution in [1.82, 2.24) is 14.1 Å². The fraction of sp³-hybridized carbons (Fsp3) is 0.786. The number of aliphatic hydroxyl groups is 1. The van der Waals surface area contributed by atoms with Gasteiger partial charge in [0.15, 0.2) is 0 Å². The highest BCUT2D eigenvalue weighted by Gasteiger charge is 2.38. The molecule has 2 heterocycles. The van der Waals surface area contributed by atoms with Gasteiger partial charge in [-0.05, 0) is 38.5 Å². The van der Waals surface area contributed by atoms with Crippen LogP contribution in [-0.2, 0) is 17.1 Å². The van der Waals surface area contributed by atoms with E-state index in [1.165, 1.54) is 4.31 Å². The monoisotopic (exact) mass is 315 g/mol. The van der Waals surface area contributed by atoms with Crippen LogP contribution < -0.4 is 0 Å². The molecule has 2 rings (SSSR count). The summed E-state index contributed by atoms with van der Waals surface area (Å²) in [5.74, 6) is 0. The maximum atomic E-state index is 12.8. The third-order valence-corrected chi connectivity index (χ3v) is 7.06. The second-order valence-corrected chi connectivity index (χ2v) is 7.91. The topological polar surface area (TPSA) is 75.4 Å². The summed E-state index contributed by atoms with van der Waals surface area (Å²) in [4.78, 5) is 0.331. The van der Waals surface area contributed by atoms with Gasteiger partial charge in [-0.2, -0.15) is 9.40 Å². The van der Waals surface area contributed by atoms with Crippen molar-refractivity contribution in [3.63, 3.8) is 0 Å². The van der Waals surface area contributed by atoms with E-state index in [1.54, 1.807) is 25.6 Å². The zero-order valence-corrected chi connectivity index (χ0v) is 14.1. The molecule has 120 valence electrons. The quantitative estimate of drug-likeness (QED) is 0.906. The molecule has 0 atom stereocenters. The number of nitrogens with zero attached hydrogens (tertiary/aromatic N) is 3. The third kappa shape index (κ3) is 2.74. The molecular weight excluding hydrogens is 290 g/mol. The minimum Gasteiger partial charge on any atom is -0.396 e. The Morgan fingerprint density at radius 3 is 2.24 bits per heavy atom. The minimum absolute atomic E-state index is 0.120. The lowest BCUT2D eigenvalue weighted by atomic mass is 9.77. The molecule has 1 N–H and O–H groups in total. The van der Waals surface area contributed by atoms with Gasteiger partial charge in [-0.25, -0.2) is 8.42 Å². The summed E-state index contributed by atoms with van der Waals surface area (Å²) >= 11 is 0. The molecule has 0 saturated carbocycles. The zero-order chi connectivity index (χ0) is 15.8. The molecule has 1 aromatic heterocycles. The number of aryl methyl sites for hydroxylation is 2. The summed E-state index contributed by atoms with van der Waals surface area (Å²) in [6.45, 7) is 6.61. The highest BCUT2D eigenvalue weighted by Crippen LogP contribution is 2.36. The Labute approximate surface area is 126 Å². The number of aromatic nitrogens is 2. The summed E-state index contributed by atoms with van der Waals surface area (Å²) in [7, 11) is -1.75. The van der Waals surface area contributed by atoms with Crippen molar-refractivity contribution < 1.29 is 13.5 Å². The van der Waals surface area contributed by atoms with Gasteiger partial charge in [0.2, 0.25) is 10.0 Å². The van der Waals surface area contributed by atoms with Crippen molar-refractivity contribution in [1.29, 1.82) is 0 Å². The first-order chi connectivity index (χ1) is 9.77. The summed E-state index contributed by atoms with van der Waals surface area (Å²) in [5.41, 5.74) is 1.09. The second kappa shape index (κ2) is 5.70. The van der Waals surface area contributed by atoms with Crippen LogP contribution in [0.15, 0.2) is 4.90 Å². The van der Waals surface area contributed by atoms with Crippen LogP contribution >= 0.6 is 0 Å². The van der Waals surface area contributed by atoms with E-state index in [-0.39, 0.29) is 12.0 Å². The SMILES string of the molecule is CCC1(CO)CCN(S(=O)(=O)c2c(C)nn(C)c2C)CC1. The van der Waals surface area contributed by atoms with Gasteiger partial charge in [-0.15, -0.1) is 0 Å². The zero-order valence-electron chi connectivity index (χ0n) is 13.3. The Bertz CT molecular complexity index is 608. The molecule has 1 aromatic rings. The number of hydrogen-bond acceptors (Lipinski definition) is 4. The standard InChI is InChI=1S/C14H25N3O3S/c1-5-14(10-18)6-8-17(9-7-14)21(19,20)13-11(2)15-16(4)12(13)3/h18H,5-10H2,1-4H3. The highest BCUT2D eigenvalue weighted by molar-refractivity contribution is 7.89. The van der Waals surface area contributed by atoms with E-state index in [9.17, 15) is 13.5 Å². The van der Waals surface area contributed by atoms with E-state index in [2.05, 4.69) is 12.0 Å². The predicted molar refractivity (Wildman–Crippen MR) is 80.5 cm³/mol. The van der Waals surface area contributed by atoms with E-state index in [4.69, 9.17) is 0 Å². The number of hydrogen-bond donors (Lipinski definition) is 1. The summed E-state index contributed by atoms with van der Waals surface area (Å²) < 4.78 is 28.8. The number of piperidine rings is 1. The smallest absolute Gasteiger partial charge is 0.246 e. The van der Waals surface area contributed by atoms with Gasteiger partial charge < -0.3 is 5.11 Å². The van der Waals surface area contributed by atoms with Crippen molar-refractivity contribution in [2.75, 3.05) is 19.7 Å². The van der Waals surface area contributed by atoms with E-state index in [0.29, 0.717) is 42.2 Å². The number of aliphatic hydroxyl groups excluding tert-OH is 1. The van der Waals surface area contributed by atoms with Gasteiger partial charge in [-0.3, -0.25) is 4.68 Å². The lowest BCUT2D eigenvalue weighted by Crippen LogP contribution is -2.44. The molecule has 1 saturated heterocycles. The molecule has 21 heavy (non-hydrogen) atoms. The minimum atomic E-state index is -3.50. The van der Waals surface area contributed by atoms with Crippen LogP contribution in [0.4, 0.5) is 0 Å².